The normalized spacial score (nSPS) is 23.7. The molecular formula is C5H7N2. The molecule has 1 aliphatic rings. The molecule has 2 nitrogen and oxygen atoms in total. The van der Waals surface area contributed by atoms with E-state index in [9.17, 15) is 0 Å². The van der Waals surface area contributed by atoms with Crippen molar-refractivity contribution in [3.63, 3.8) is 0 Å². The monoisotopic (exact) mass is 95.1 g/mol. The van der Waals surface area contributed by atoms with Crippen LogP contribution in [0.25, 0.3) is 0 Å². The average Bonchev–Trinajstić information content (AvgIpc) is 1.84. The van der Waals surface area contributed by atoms with Gasteiger partial charge >= 0.3 is 0 Å². The minimum absolute atomic E-state index is 0.222. The number of hydrogen-bond donors (Lipinski definition) is 0. The second-order valence-electron chi connectivity index (χ2n) is 1.99. The largest absolute Gasteiger partial charge is 0.262 e. The van der Waals surface area contributed by atoms with E-state index in [0.29, 0.717) is 0 Å². The van der Waals surface area contributed by atoms with E-state index in [2.05, 4.69) is 16.2 Å². The topological polar surface area (TPSA) is 24.7 Å². The zero-order valence-corrected chi connectivity index (χ0v) is 4.47. The second-order valence-corrected chi connectivity index (χ2v) is 1.99. The maximum absolute atomic E-state index is 3.97. The lowest BCUT2D eigenvalue weighted by atomic mass is 10.3. The van der Waals surface area contributed by atoms with Crippen molar-refractivity contribution in [1.29, 1.82) is 0 Å². The summed E-state index contributed by atoms with van der Waals surface area (Å²) in [5.41, 5.74) is -0.222. The van der Waals surface area contributed by atoms with Gasteiger partial charge in [0.15, 0.2) is 0 Å². The van der Waals surface area contributed by atoms with Crippen LogP contribution in [-0.2, 0) is 0 Å². The van der Waals surface area contributed by atoms with Gasteiger partial charge in [-0.15, -0.1) is 0 Å². The van der Waals surface area contributed by atoms with Crippen molar-refractivity contribution in [3.8, 4) is 0 Å². The first-order chi connectivity index (χ1) is 3.21. The quantitative estimate of drug-likeness (QED) is 0.424. The Morgan fingerprint density at radius 1 is 1.57 bits per heavy atom. The summed E-state index contributed by atoms with van der Waals surface area (Å²) in [5, 5.41) is 0. The standard InChI is InChI=1S/C5H7N2/c1-5(2)6-3-4-7-5/h3H,1-2H3. The van der Waals surface area contributed by atoms with Gasteiger partial charge in [0.2, 0.25) is 0 Å². The highest BCUT2D eigenvalue weighted by atomic mass is 15.1. The van der Waals surface area contributed by atoms with E-state index in [1.165, 1.54) is 0 Å². The molecule has 1 rings (SSSR count). The third kappa shape index (κ3) is 0.856. The third-order valence-electron chi connectivity index (χ3n) is 0.776. The van der Waals surface area contributed by atoms with Crippen LogP contribution in [-0.4, -0.2) is 18.1 Å². The Morgan fingerprint density at radius 3 is 2.43 bits per heavy atom. The molecule has 37 valence electrons. The van der Waals surface area contributed by atoms with Gasteiger partial charge in [-0.05, 0) is 13.8 Å². The zero-order valence-electron chi connectivity index (χ0n) is 4.47. The molecule has 0 aromatic rings. The highest BCUT2D eigenvalue weighted by molar-refractivity contribution is 6.17. The molecule has 1 aliphatic heterocycles. The van der Waals surface area contributed by atoms with Crippen LogP contribution in [0.5, 0.6) is 0 Å². The Balaban J connectivity index is 2.77. The SMILES string of the molecule is CC1(C)N=[C]C=N1. The lowest BCUT2D eigenvalue weighted by Crippen LogP contribution is -2.07. The Hall–Kier alpha value is -0.660. The molecule has 0 aromatic carbocycles. The highest BCUT2D eigenvalue weighted by Gasteiger charge is 2.13. The first kappa shape index (κ1) is 4.50. The van der Waals surface area contributed by atoms with Gasteiger partial charge in [0.05, 0.1) is 6.21 Å². The molecule has 1 heterocycles. The zero-order chi connectivity index (χ0) is 5.33. The van der Waals surface area contributed by atoms with Gasteiger partial charge in [0.25, 0.3) is 0 Å². The number of hydrogen-bond acceptors (Lipinski definition) is 2. The Kier molecular flexibility index (Phi) is 0.741. The molecule has 0 bridgehead atoms. The minimum Gasteiger partial charge on any atom is -0.262 e. The van der Waals surface area contributed by atoms with Crippen molar-refractivity contribution in [3.05, 3.63) is 0 Å². The number of nitrogens with zero attached hydrogens (tertiary/aromatic N) is 2. The van der Waals surface area contributed by atoms with Crippen molar-refractivity contribution in [1.82, 2.24) is 0 Å². The van der Waals surface area contributed by atoms with E-state index in [1.54, 1.807) is 6.21 Å². The fraction of sp³-hybridized carbons (Fsp3) is 0.600. The summed E-state index contributed by atoms with van der Waals surface area (Å²) in [6, 6.07) is 0. The van der Waals surface area contributed by atoms with Crippen molar-refractivity contribution < 1.29 is 0 Å². The average molecular weight is 95.1 g/mol. The molecule has 0 aromatic heterocycles. The van der Waals surface area contributed by atoms with Crippen molar-refractivity contribution in [2.45, 2.75) is 19.5 Å². The second kappa shape index (κ2) is 1.15. The lowest BCUT2D eigenvalue weighted by Gasteiger charge is -2.05. The molecule has 1 radical (unpaired) electrons. The molecule has 7 heavy (non-hydrogen) atoms. The van der Waals surface area contributed by atoms with Crippen LogP contribution in [0.4, 0.5) is 0 Å². The van der Waals surface area contributed by atoms with E-state index >= 15 is 0 Å². The molecule has 0 saturated heterocycles. The van der Waals surface area contributed by atoms with Crippen LogP contribution in [0.2, 0.25) is 0 Å². The van der Waals surface area contributed by atoms with E-state index in [0.717, 1.165) is 0 Å². The van der Waals surface area contributed by atoms with Gasteiger partial charge in [-0.3, -0.25) is 9.98 Å². The minimum atomic E-state index is -0.222. The molecule has 0 saturated carbocycles. The van der Waals surface area contributed by atoms with Crippen molar-refractivity contribution >= 4 is 12.4 Å². The molecule has 0 unspecified atom stereocenters. The predicted octanol–water partition coefficient (Wildman–Crippen LogP) is 0.755. The van der Waals surface area contributed by atoms with Gasteiger partial charge in [-0.25, -0.2) is 0 Å². The van der Waals surface area contributed by atoms with Gasteiger partial charge in [0.1, 0.15) is 11.9 Å². The van der Waals surface area contributed by atoms with Crippen LogP contribution in [0, 0.1) is 0 Å². The number of aliphatic imine (C=N–C) groups is 2. The highest BCUT2D eigenvalue weighted by Crippen LogP contribution is 2.10. The van der Waals surface area contributed by atoms with Gasteiger partial charge in [0, 0.05) is 0 Å². The summed E-state index contributed by atoms with van der Waals surface area (Å²) in [5.74, 6) is 0. The Morgan fingerprint density at radius 2 is 2.29 bits per heavy atom. The van der Waals surface area contributed by atoms with E-state index in [4.69, 9.17) is 0 Å². The molecule has 0 amide bonds. The summed E-state index contributed by atoms with van der Waals surface area (Å²) < 4.78 is 0. The molecule has 0 aliphatic carbocycles. The van der Waals surface area contributed by atoms with Crippen molar-refractivity contribution in [2.24, 2.45) is 9.98 Å². The lowest BCUT2D eigenvalue weighted by molar-refractivity contribution is 0.569. The van der Waals surface area contributed by atoms with Crippen molar-refractivity contribution in [2.75, 3.05) is 0 Å². The van der Waals surface area contributed by atoms with Crippen LogP contribution < -0.4 is 0 Å². The summed E-state index contributed by atoms with van der Waals surface area (Å²) in [6.07, 6.45) is 4.24. The maximum Gasteiger partial charge on any atom is 0.145 e. The first-order valence-corrected chi connectivity index (χ1v) is 2.22. The Bertz CT molecular complexity index is 108. The molecule has 2 heteroatoms. The summed E-state index contributed by atoms with van der Waals surface area (Å²) in [4.78, 5) is 7.86. The molecule has 0 N–H and O–H groups in total. The summed E-state index contributed by atoms with van der Waals surface area (Å²) in [7, 11) is 0. The van der Waals surface area contributed by atoms with Crippen LogP contribution >= 0.6 is 0 Å². The van der Waals surface area contributed by atoms with Gasteiger partial charge in [-0.1, -0.05) is 0 Å². The molecular weight excluding hydrogens is 88.1 g/mol. The van der Waals surface area contributed by atoms with E-state index < -0.39 is 0 Å². The molecule has 0 spiro atoms. The van der Waals surface area contributed by atoms with E-state index in [1.807, 2.05) is 13.8 Å². The summed E-state index contributed by atoms with van der Waals surface area (Å²) >= 11 is 0. The smallest absolute Gasteiger partial charge is 0.145 e. The van der Waals surface area contributed by atoms with Crippen LogP contribution in [0.15, 0.2) is 9.98 Å². The molecule has 0 atom stereocenters. The van der Waals surface area contributed by atoms with Gasteiger partial charge in [-0.2, -0.15) is 0 Å². The first-order valence-electron chi connectivity index (χ1n) is 2.22. The van der Waals surface area contributed by atoms with Crippen LogP contribution in [0.1, 0.15) is 13.8 Å². The summed E-state index contributed by atoms with van der Waals surface area (Å²) in [6.45, 7) is 3.87. The Labute approximate surface area is 43.0 Å². The predicted molar refractivity (Wildman–Crippen MR) is 30.0 cm³/mol. The number of rotatable bonds is 0. The third-order valence-corrected chi connectivity index (χ3v) is 0.776. The molecule has 0 fully saturated rings. The fourth-order valence-corrected chi connectivity index (χ4v) is 0.403. The van der Waals surface area contributed by atoms with Gasteiger partial charge < -0.3 is 0 Å². The maximum atomic E-state index is 3.97. The van der Waals surface area contributed by atoms with E-state index in [-0.39, 0.29) is 5.66 Å². The van der Waals surface area contributed by atoms with Crippen LogP contribution in [0.3, 0.4) is 0 Å². The fourth-order valence-electron chi connectivity index (χ4n) is 0.403.